The van der Waals surface area contributed by atoms with E-state index >= 15 is 0 Å². The molecule has 0 bridgehead atoms. The van der Waals surface area contributed by atoms with Crippen LogP contribution in [0.2, 0.25) is 0 Å². The normalized spacial score (nSPS) is 11.6. The van der Waals surface area contributed by atoms with Crippen LogP contribution in [-0.4, -0.2) is 4.98 Å². The average Bonchev–Trinajstić information content (AvgIpc) is 2.39. The van der Waals surface area contributed by atoms with Gasteiger partial charge in [0.15, 0.2) is 0 Å². The molecule has 2 rings (SSSR count). The van der Waals surface area contributed by atoms with Gasteiger partial charge >= 0.3 is 0 Å². The molecule has 0 saturated carbocycles. The van der Waals surface area contributed by atoms with Crippen molar-refractivity contribution in [3.05, 3.63) is 63.9 Å². The zero-order chi connectivity index (χ0) is 13.9. The van der Waals surface area contributed by atoms with E-state index < -0.39 is 0 Å². The molecule has 0 spiro atoms. The molecule has 0 fully saturated rings. The second kappa shape index (κ2) is 5.85. The van der Waals surface area contributed by atoms with E-state index in [4.69, 9.17) is 0 Å². The van der Waals surface area contributed by atoms with E-state index in [-0.39, 0.29) is 5.54 Å². The lowest BCUT2D eigenvalue weighted by molar-refractivity contribution is 0.401. The van der Waals surface area contributed by atoms with Gasteiger partial charge in [0.25, 0.3) is 0 Å². The number of rotatable bonds is 4. The van der Waals surface area contributed by atoms with Gasteiger partial charge in [0.05, 0.1) is 0 Å². The third kappa shape index (κ3) is 3.88. The summed E-state index contributed by atoms with van der Waals surface area (Å²) in [7, 11) is 0. The summed E-state index contributed by atoms with van der Waals surface area (Å²) in [4.78, 5) is 4.32. The van der Waals surface area contributed by atoms with Gasteiger partial charge in [-0.25, -0.2) is 0 Å². The maximum Gasteiger partial charge on any atom is 0.0380 e. The van der Waals surface area contributed by atoms with E-state index in [0.29, 0.717) is 0 Å². The highest BCUT2D eigenvalue weighted by Crippen LogP contribution is 2.22. The second-order valence-corrected chi connectivity index (χ2v) is 6.21. The molecule has 0 aliphatic rings. The summed E-state index contributed by atoms with van der Waals surface area (Å²) in [6.07, 6.45) is 1.93. The third-order valence-corrected chi connectivity index (χ3v) is 3.80. The van der Waals surface area contributed by atoms with Gasteiger partial charge < -0.3 is 5.32 Å². The van der Waals surface area contributed by atoms with Crippen molar-refractivity contribution in [1.82, 2.24) is 10.3 Å². The van der Waals surface area contributed by atoms with Crippen LogP contribution in [0.3, 0.4) is 0 Å². The fourth-order valence-corrected chi connectivity index (χ4v) is 2.16. The van der Waals surface area contributed by atoms with Gasteiger partial charge in [0.2, 0.25) is 0 Å². The summed E-state index contributed by atoms with van der Waals surface area (Å²) in [5, 5.41) is 3.58. The Labute approximate surface area is 123 Å². The SMILES string of the molecule is Cc1ccc(CNC(C)(C)c2ccc(Br)cc2)cn1. The van der Waals surface area contributed by atoms with Crippen molar-refractivity contribution in [2.24, 2.45) is 0 Å². The Hall–Kier alpha value is -1.19. The van der Waals surface area contributed by atoms with Crippen LogP contribution in [-0.2, 0) is 12.1 Å². The molecule has 19 heavy (non-hydrogen) atoms. The van der Waals surface area contributed by atoms with Crippen LogP contribution in [0, 0.1) is 6.92 Å². The minimum atomic E-state index is -0.0639. The molecule has 1 heterocycles. The number of halogens is 1. The number of hydrogen-bond donors (Lipinski definition) is 1. The van der Waals surface area contributed by atoms with E-state index in [1.807, 2.05) is 19.2 Å². The van der Waals surface area contributed by atoms with Crippen LogP contribution in [0.15, 0.2) is 47.1 Å². The summed E-state index contributed by atoms with van der Waals surface area (Å²) >= 11 is 3.47. The van der Waals surface area contributed by atoms with Crippen LogP contribution in [0.5, 0.6) is 0 Å². The third-order valence-electron chi connectivity index (χ3n) is 3.27. The second-order valence-electron chi connectivity index (χ2n) is 5.29. The Morgan fingerprint density at radius 1 is 1.11 bits per heavy atom. The number of aryl methyl sites for hydroxylation is 1. The average molecular weight is 319 g/mol. The number of nitrogens with one attached hydrogen (secondary N) is 1. The first kappa shape index (κ1) is 14.2. The summed E-state index contributed by atoms with van der Waals surface area (Å²) in [5.74, 6) is 0. The zero-order valence-corrected chi connectivity index (χ0v) is 13.2. The fourth-order valence-electron chi connectivity index (χ4n) is 1.89. The minimum absolute atomic E-state index is 0.0639. The molecule has 0 unspecified atom stereocenters. The maximum absolute atomic E-state index is 4.32. The van der Waals surface area contributed by atoms with Crippen molar-refractivity contribution < 1.29 is 0 Å². The monoisotopic (exact) mass is 318 g/mol. The van der Waals surface area contributed by atoms with E-state index in [0.717, 1.165) is 16.7 Å². The van der Waals surface area contributed by atoms with Crippen LogP contribution in [0.4, 0.5) is 0 Å². The van der Waals surface area contributed by atoms with Crippen LogP contribution in [0.25, 0.3) is 0 Å². The van der Waals surface area contributed by atoms with Crippen molar-refractivity contribution >= 4 is 15.9 Å². The predicted octanol–water partition coefficient (Wildman–Crippen LogP) is 4.18. The predicted molar refractivity (Wildman–Crippen MR) is 83.0 cm³/mol. The van der Waals surface area contributed by atoms with Gasteiger partial charge in [-0.2, -0.15) is 0 Å². The molecular formula is C16H19BrN2. The molecule has 0 saturated heterocycles. The molecule has 2 aromatic rings. The molecule has 100 valence electrons. The van der Waals surface area contributed by atoms with Crippen molar-refractivity contribution in [1.29, 1.82) is 0 Å². The first-order chi connectivity index (χ1) is 8.97. The van der Waals surface area contributed by atoms with Crippen LogP contribution < -0.4 is 5.32 Å². The Bertz CT molecular complexity index is 530. The molecule has 2 nitrogen and oxygen atoms in total. The highest BCUT2D eigenvalue weighted by molar-refractivity contribution is 9.10. The van der Waals surface area contributed by atoms with Crippen molar-refractivity contribution in [2.45, 2.75) is 32.9 Å². The summed E-state index contributed by atoms with van der Waals surface area (Å²) in [6.45, 7) is 7.20. The van der Waals surface area contributed by atoms with Gasteiger partial charge in [-0.15, -0.1) is 0 Å². The number of hydrogen-bond acceptors (Lipinski definition) is 2. The molecule has 1 aromatic carbocycles. The van der Waals surface area contributed by atoms with Crippen LogP contribution in [0.1, 0.15) is 30.7 Å². The lowest BCUT2D eigenvalue weighted by Crippen LogP contribution is -2.35. The first-order valence-corrected chi connectivity index (χ1v) is 7.19. The Morgan fingerprint density at radius 3 is 2.37 bits per heavy atom. The molecular weight excluding hydrogens is 300 g/mol. The van der Waals surface area contributed by atoms with E-state index in [1.54, 1.807) is 0 Å². The van der Waals surface area contributed by atoms with Crippen LogP contribution >= 0.6 is 15.9 Å². The topological polar surface area (TPSA) is 24.9 Å². The number of nitrogens with zero attached hydrogens (tertiary/aromatic N) is 1. The standard InChI is InChI=1S/C16H19BrN2/c1-12-4-5-13(10-18-12)11-19-16(2,3)14-6-8-15(17)9-7-14/h4-10,19H,11H2,1-3H3. The van der Waals surface area contributed by atoms with Gasteiger partial charge in [-0.3, -0.25) is 4.98 Å². The summed E-state index contributed by atoms with van der Waals surface area (Å²) in [5.41, 5.74) is 3.47. The summed E-state index contributed by atoms with van der Waals surface area (Å²) < 4.78 is 1.11. The highest BCUT2D eigenvalue weighted by Gasteiger charge is 2.19. The Balaban J connectivity index is 2.04. The fraction of sp³-hybridized carbons (Fsp3) is 0.312. The highest BCUT2D eigenvalue weighted by atomic mass is 79.9. The van der Waals surface area contributed by atoms with Gasteiger partial charge in [-0.1, -0.05) is 34.1 Å². The zero-order valence-electron chi connectivity index (χ0n) is 11.6. The molecule has 1 N–H and O–H groups in total. The van der Waals surface area contributed by atoms with E-state index in [9.17, 15) is 0 Å². The minimum Gasteiger partial charge on any atom is -0.304 e. The van der Waals surface area contributed by atoms with E-state index in [1.165, 1.54) is 11.1 Å². The largest absolute Gasteiger partial charge is 0.304 e. The lowest BCUT2D eigenvalue weighted by Gasteiger charge is -2.27. The molecule has 0 radical (unpaired) electrons. The molecule has 0 aliphatic carbocycles. The molecule has 0 atom stereocenters. The number of aromatic nitrogens is 1. The van der Waals surface area contributed by atoms with Crippen molar-refractivity contribution in [3.63, 3.8) is 0 Å². The Kier molecular flexibility index (Phi) is 4.38. The first-order valence-electron chi connectivity index (χ1n) is 6.40. The number of benzene rings is 1. The van der Waals surface area contributed by atoms with Gasteiger partial charge in [0.1, 0.15) is 0 Å². The summed E-state index contributed by atoms with van der Waals surface area (Å²) in [6, 6.07) is 12.6. The maximum atomic E-state index is 4.32. The van der Waals surface area contributed by atoms with Crippen molar-refractivity contribution in [3.8, 4) is 0 Å². The molecule has 1 aromatic heterocycles. The van der Waals surface area contributed by atoms with E-state index in [2.05, 4.69) is 70.4 Å². The number of pyridine rings is 1. The Morgan fingerprint density at radius 2 is 1.79 bits per heavy atom. The smallest absolute Gasteiger partial charge is 0.0380 e. The quantitative estimate of drug-likeness (QED) is 0.914. The molecule has 0 aliphatic heterocycles. The van der Waals surface area contributed by atoms with Crippen molar-refractivity contribution in [2.75, 3.05) is 0 Å². The van der Waals surface area contributed by atoms with Gasteiger partial charge in [-0.05, 0) is 50.1 Å². The lowest BCUT2D eigenvalue weighted by atomic mass is 9.94. The molecule has 3 heteroatoms. The van der Waals surface area contributed by atoms with Gasteiger partial charge in [0, 0.05) is 28.4 Å². The molecule has 0 amide bonds.